The molecule has 5 nitrogen and oxygen atoms in total. The maximum atomic E-state index is 12.4. The van der Waals surface area contributed by atoms with E-state index < -0.39 is 15.7 Å². The zero-order valence-electron chi connectivity index (χ0n) is 11.4. The minimum absolute atomic E-state index is 0.580. The Labute approximate surface area is 116 Å². The van der Waals surface area contributed by atoms with Crippen LogP contribution in [0.25, 0.3) is 0 Å². The summed E-state index contributed by atoms with van der Waals surface area (Å²) in [5.74, 6) is 0. The van der Waals surface area contributed by atoms with Crippen molar-refractivity contribution in [3.63, 3.8) is 0 Å². The van der Waals surface area contributed by atoms with Gasteiger partial charge in [-0.05, 0) is 25.7 Å². The second kappa shape index (κ2) is 6.21. The largest absolute Gasteiger partial charge is 0.280 e. The Balaban J connectivity index is 2.08. The Morgan fingerprint density at radius 1 is 0.947 bits per heavy atom. The first-order valence-electron chi connectivity index (χ1n) is 7.28. The topological polar surface area (TPSA) is 73.2 Å². The van der Waals surface area contributed by atoms with Crippen molar-refractivity contribution in [3.05, 3.63) is 0 Å². The molecule has 0 atom stereocenters. The van der Waals surface area contributed by atoms with Crippen molar-refractivity contribution in [2.24, 2.45) is 0 Å². The lowest BCUT2D eigenvalue weighted by atomic mass is 9.84. The predicted molar refractivity (Wildman–Crippen MR) is 73.5 cm³/mol. The number of hydrogen-bond acceptors (Lipinski definition) is 3. The lowest BCUT2D eigenvalue weighted by molar-refractivity contribution is 0.322. The highest BCUT2D eigenvalue weighted by Gasteiger charge is 2.38. The van der Waals surface area contributed by atoms with Gasteiger partial charge in [-0.15, -0.1) is 0 Å². The number of rotatable bonds is 3. The average molecular weight is 285 g/mol. The van der Waals surface area contributed by atoms with Gasteiger partial charge in [0, 0.05) is 13.1 Å². The van der Waals surface area contributed by atoms with Gasteiger partial charge >= 0.3 is 0 Å². The molecule has 0 radical (unpaired) electrons. The maximum absolute atomic E-state index is 12.4. The summed E-state index contributed by atoms with van der Waals surface area (Å²) in [5.41, 5.74) is -0.872. The number of hydrogen-bond donors (Lipinski definition) is 1. The normalized spacial score (nSPS) is 25.4. The van der Waals surface area contributed by atoms with Gasteiger partial charge < -0.3 is 0 Å². The predicted octanol–water partition coefficient (Wildman–Crippen LogP) is 1.92. The van der Waals surface area contributed by atoms with Crippen LogP contribution in [-0.2, 0) is 10.2 Å². The van der Waals surface area contributed by atoms with E-state index in [1.54, 1.807) is 0 Å². The molecule has 0 bridgehead atoms. The van der Waals surface area contributed by atoms with E-state index in [0.29, 0.717) is 25.9 Å². The van der Waals surface area contributed by atoms with Crippen LogP contribution in [0.3, 0.4) is 0 Å². The molecule has 1 saturated heterocycles. The first kappa shape index (κ1) is 14.8. The molecule has 1 aliphatic heterocycles. The van der Waals surface area contributed by atoms with E-state index in [-0.39, 0.29) is 0 Å². The molecule has 2 fully saturated rings. The fourth-order valence-electron chi connectivity index (χ4n) is 2.99. The molecule has 108 valence electrons. The summed E-state index contributed by atoms with van der Waals surface area (Å²) in [6.45, 7) is 1.16. The van der Waals surface area contributed by atoms with Crippen molar-refractivity contribution in [3.8, 4) is 6.07 Å². The van der Waals surface area contributed by atoms with Crippen molar-refractivity contribution < 1.29 is 8.42 Å². The summed E-state index contributed by atoms with van der Waals surface area (Å²) >= 11 is 0. The van der Waals surface area contributed by atoms with E-state index in [9.17, 15) is 13.7 Å². The van der Waals surface area contributed by atoms with Crippen molar-refractivity contribution in [1.29, 1.82) is 5.26 Å². The molecule has 2 aliphatic rings. The highest BCUT2D eigenvalue weighted by Crippen LogP contribution is 2.29. The van der Waals surface area contributed by atoms with Crippen LogP contribution in [0.1, 0.15) is 57.8 Å². The van der Waals surface area contributed by atoms with Gasteiger partial charge in [0.2, 0.25) is 0 Å². The van der Waals surface area contributed by atoms with Crippen LogP contribution in [0.2, 0.25) is 0 Å². The van der Waals surface area contributed by atoms with Gasteiger partial charge in [0.25, 0.3) is 10.2 Å². The third-order valence-electron chi connectivity index (χ3n) is 4.15. The Bertz CT molecular complexity index is 427. The molecule has 0 aromatic carbocycles. The Morgan fingerprint density at radius 2 is 1.47 bits per heavy atom. The molecule has 1 saturated carbocycles. The number of nitriles is 1. The van der Waals surface area contributed by atoms with Gasteiger partial charge in [-0.1, -0.05) is 32.1 Å². The third kappa shape index (κ3) is 3.68. The molecule has 19 heavy (non-hydrogen) atoms. The van der Waals surface area contributed by atoms with Crippen molar-refractivity contribution in [2.75, 3.05) is 13.1 Å². The van der Waals surface area contributed by atoms with Gasteiger partial charge in [-0.2, -0.15) is 22.7 Å². The van der Waals surface area contributed by atoms with Crippen molar-refractivity contribution in [2.45, 2.75) is 63.3 Å². The Morgan fingerprint density at radius 3 is 2.00 bits per heavy atom. The molecule has 1 heterocycles. The zero-order chi connectivity index (χ0) is 13.8. The first-order chi connectivity index (χ1) is 9.08. The van der Waals surface area contributed by atoms with Gasteiger partial charge in [0.15, 0.2) is 0 Å². The number of nitrogens with one attached hydrogen (secondary N) is 1. The Hall–Kier alpha value is -0.640. The van der Waals surface area contributed by atoms with Crippen molar-refractivity contribution in [1.82, 2.24) is 9.03 Å². The molecular formula is C13H23N3O2S. The van der Waals surface area contributed by atoms with Crippen LogP contribution >= 0.6 is 0 Å². The summed E-state index contributed by atoms with van der Waals surface area (Å²) in [5, 5.41) is 9.36. The SMILES string of the molecule is N#CC1(NS(=O)(=O)N2CCCCCC2)CCCCC1. The van der Waals surface area contributed by atoms with E-state index >= 15 is 0 Å². The number of nitrogens with zero attached hydrogens (tertiary/aromatic N) is 2. The van der Waals surface area contributed by atoms with Gasteiger partial charge in [-0.3, -0.25) is 0 Å². The van der Waals surface area contributed by atoms with Crippen LogP contribution in [0.4, 0.5) is 0 Å². The molecule has 1 aliphatic carbocycles. The highest BCUT2D eigenvalue weighted by atomic mass is 32.2. The van der Waals surface area contributed by atoms with E-state index in [1.165, 1.54) is 4.31 Å². The van der Waals surface area contributed by atoms with Gasteiger partial charge in [0.05, 0.1) is 6.07 Å². The molecule has 0 unspecified atom stereocenters. The molecule has 0 amide bonds. The van der Waals surface area contributed by atoms with Crippen LogP contribution in [-0.4, -0.2) is 31.4 Å². The Kier molecular flexibility index (Phi) is 4.82. The second-order valence-corrected chi connectivity index (χ2v) is 7.35. The third-order valence-corrected chi connectivity index (χ3v) is 5.84. The molecule has 1 N–H and O–H groups in total. The minimum atomic E-state index is -3.52. The summed E-state index contributed by atoms with van der Waals surface area (Å²) in [6.07, 6.45) is 8.24. The standard InChI is InChI=1S/C13H23N3O2S/c14-12-13(8-4-3-5-9-13)15-19(17,18)16-10-6-1-2-7-11-16/h15H,1-11H2. The fourth-order valence-corrected chi connectivity index (χ4v) is 4.60. The van der Waals surface area contributed by atoms with Gasteiger partial charge in [0.1, 0.15) is 5.54 Å². The molecule has 0 aromatic rings. The van der Waals surface area contributed by atoms with Gasteiger partial charge in [-0.25, -0.2) is 0 Å². The summed E-state index contributed by atoms with van der Waals surface area (Å²) < 4.78 is 29.1. The van der Waals surface area contributed by atoms with Crippen LogP contribution in [0, 0.1) is 11.3 Å². The average Bonchev–Trinajstić information content (AvgIpc) is 2.69. The summed E-state index contributed by atoms with van der Waals surface area (Å²) in [7, 11) is -3.52. The molecule has 0 aromatic heterocycles. The summed E-state index contributed by atoms with van der Waals surface area (Å²) in [4.78, 5) is 0. The first-order valence-corrected chi connectivity index (χ1v) is 8.72. The zero-order valence-corrected chi connectivity index (χ0v) is 12.2. The van der Waals surface area contributed by atoms with Crippen LogP contribution < -0.4 is 4.72 Å². The lowest BCUT2D eigenvalue weighted by Gasteiger charge is -2.33. The van der Waals surface area contributed by atoms with E-state index in [2.05, 4.69) is 10.8 Å². The van der Waals surface area contributed by atoms with E-state index in [4.69, 9.17) is 0 Å². The molecule has 2 rings (SSSR count). The van der Waals surface area contributed by atoms with Crippen LogP contribution in [0.5, 0.6) is 0 Å². The van der Waals surface area contributed by atoms with Crippen LogP contribution in [0.15, 0.2) is 0 Å². The second-order valence-electron chi connectivity index (χ2n) is 5.67. The van der Waals surface area contributed by atoms with E-state index in [1.807, 2.05) is 0 Å². The fraction of sp³-hybridized carbons (Fsp3) is 0.923. The molecule has 6 heteroatoms. The highest BCUT2D eigenvalue weighted by molar-refractivity contribution is 7.87. The smallest absolute Gasteiger partial charge is 0.196 e. The maximum Gasteiger partial charge on any atom is 0.280 e. The quantitative estimate of drug-likeness (QED) is 0.861. The van der Waals surface area contributed by atoms with Crippen molar-refractivity contribution >= 4 is 10.2 Å². The lowest BCUT2D eigenvalue weighted by Crippen LogP contribution is -2.53. The minimum Gasteiger partial charge on any atom is -0.196 e. The van der Waals surface area contributed by atoms with E-state index in [0.717, 1.165) is 44.9 Å². The monoisotopic (exact) mass is 285 g/mol. The summed E-state index contributed by atoms with van der Waals surface area (Å²) in [6, 6.07) is 2.21. The molecular weight excluding hydrogens is 262 g/mol. The molecule has 0 spiro atoms.